The number of pyridine rings is 1. The van der Waals surface area contributed by atoms with Crippen molar-refractivity contribution in [1.82, 2.24) is 20.1 Å². The Labute approximate surface area is 409 Å². The van der Waals surface area contributed by atoms with Gasteiger partial charge in [0.1, 0.15) is 17.6 Å². The van der Waals surface area contributed by atoms with Crippen molar-refractivity contribution in [3.63, 3.8) is 0 Å². The van der Waals surface area contributed by atoms with Crippen molar-refractivity contribution in [1.29, 1.82) is 0 Å². The van der Waals surface area contributed by atoms with Crippen molar-refractivity contribution in [2.45, 2.75) is 83.3 Å². The number of aromatic nitrogens is 1. The number of rotatable bonds is 17. The lowest BCUT2D eigenvalue weighted by Gasteiger charge is -2.39. The summed E-state index contributed by atoms with van der Waals surface area (Å²) in [6.07, 6.45) is 0.721. The molecular formula is C52H65ClN6O9Si. The topological polar surface area (TPSA) is 184 Å². The molecule has 2 atom stereocenters. The first-order valence-electron chi connectivity index (χ1n) is 23.6. The number of methoxy groups -OCH3 is 1. The predicted octanol–water partition coefficient (Wildman–Crippen LogP) is 9.92. The summed E-state index contributed by atoms with van der Waals surface area (Å²) in [6, 6.07) is 27.5. The van der Waals surface area contributed by atoms with Crippen molar-refractivity contribution in [3.8, 4) is 22.6 Å². The number of nitrogens with one attached hydrogen (secondary N) is 4. The Morgan fingerprint density at radius 2 is 1.62 bits per heavy atom. The first-order valence-corrected chi connectivity index (χ1v) is 26.9. The zero-order chi connectivity index (χ0) is 49.3. The first-order chi connectivity index (χ1) is 33.0. The van der Waals surface area contributed by atoms with Crippen LogP contribution in [0.2, 0.25) is 23.2 Å². The largest absolute Gasteiger partial charge is 0.506 e. The number of hydrogen-bond donors (Lipinski definition) is 5. The highest BCUT2D eigenvalue weighted by Gasteiger charge is 2.40. The number of ether oxygens (including phenoxy) is 3. The molecule has 5 aromatic rings. The third-order valence-corrected chi connectivity index (χ3v) is 18.3. The minimum absolute atomic E-state index is 0.00292. The Balaban J connectivity index is 0.838. The van der Waals surface area contributed by atoms with E-state index in [9.17, 15) is 24.3 Å². The number of aromatic amines is 1. The summed E-state index contributed by atoms with van der Waals surface area (Å²) in [5.74, 6) is 0.552. The van der Waals surface area contributed by atoms with E-state index in [2.05, 4.69) is 59.7 Å². The maximum atomic E-state index is 13.2. The Hall–Kier alpha value is -5.91. The number of piperidine rings is 1. The molecule has 17 heteroatoms. The van der Waals surface area contributed by atoms with Gasteiger partial charge in [-0.05, 0) is 72.8 Å². The van der Waals surface area contributed by atoms with Gasteiger partial charge in [-0.3, -0.25) is 20.2 Å². The van der Waals surface area contributed by atoms with Crippen LogP contribution >= 0.6 is 11.6 Å². The second-order valence-corrected chi connectivity index (χ2v) is 24.5. The van der Waals surface area contributed by atoms with Crippen LogP contribution in [0.4, 0.5) is 21.0 Å². The molecule has 5 N–H and O–H groups in total. The van der Waals surface area contributed by atoms with Crippen LogP contribution in [0, 0.1) is 5.92 Å². The molecule has 69 heavy (non-hydrogen) atoms. The van der Waals surface area contributed by atoms with Crippen molar-refractivity contribution >= 4 is 60.3 Å². The van der Waals surface area contributed by atoms with E-state index in [0.717, 1.165) is 41.8 Å². The van der Waals surface area contributed by atoms with Crippen LogP contribution in [-0.2, 0) is 25.2 Å². The first kappa shape index (κ1) is 51.0. The van der Waals surface area contributed by atoms with Crippen molar-refractivity contribution in [3.05, 3.63) is 117 Å². The van der Waals surface area contributed by atoms with Gasteiger partial charge in [-0.2, -0.15) is 0 Å². The maximum Gasteiger partial charge on any atom is 0.411 e. The molecule has 3 heterocycles. The minimum Gasteiger partial charge on any atom is -0.506 e. The Morgan fingerprint density at radius 3 is 2.36 bits per heavy atom. The molecule has 2 saturated heterocycles. The fourth-order valence-electron chi connectivity index (χ4n) is 8.59. The lowest BCUT2D eigenvalue weighted by molar-refractivity contribution is -0.130. The molecule has 2 fully saturated rings. The van der Waals surface area contributed by atoms with Gasteiger partial charge in [0.15, 0.2) is 8.32 Å². The number of aromatic hydroxyl groups is 1. The quantitative estimate of drug-likeness (QED) is 0.0559. The van der Waals surface area contributed by atoms with Gasteiger partial charge in [0, 0.05) is 86.8 Å². The van der Waals surface area contributed by atoms with Crippen LogP contribution in [0.3, 0.4) is 0 Å². The van der Waals surface area contributed by atoms with Crippen LogP contribution in [0.25, 0.3) is 22.0 Å². The van der Waals surface area contributed by atoms with Gasteiger partial charge in [0.25, 0.3) is 0 Å². The lowest BCUT2D eigenvalue weighted by atomic mass is 10.0. The monoisotopic (exact) mass is 980 g/mol. The van der Waals surface area contributed by atoms with E-state index in [1.54, 1.807) is 31.4 Å². The van der Waals surface area contributed by atoms with E-state index in [4.69, 9.17) is 30.2 Å². The van der Waals surface area contributed by atoms with E-state index in [1.807, 2.05) is 65.6 Å². The zero-order valence-electron chi connectivity index (χ0n) is 40.4. The minimum atomic E-state index is -2.30. The third kappa shape index (κ3) is 13.2. The molecule has 15 nitrogen and oxygen atoms in total. The third-order valence-electron chi connectivity index (χ3n) is 13.5. The highest BCUT2D eigenvalue weighted by atomic mass is 35.5. The summed E-state index contributed by atoms with van der Waals surface area (Å²) in [7, 11) is -0.755. The number of benzene rings is 4. The number of halogens is 1. The molecule has 0 unspecified atom stereocenters. The number of phenols is 1. The second kappa shape index (κ2) is 22.7. The number of carbonyl (C=O) groups excluding carboxylic acids is 3. The fourth-order valence-corrected chi connectivity index (χ4v) is 10.1. The number of hydrogen-bond acceptors (Lipinski definition) is 11. The number of carbonyl (C=O) groups is 3. The number of likely N-dealkylation sites (tertiary alicyclic amines) is 2. The molecule has 0 saturated carbocycles. The summed E-state index contributed by atoms with van der Waals surface area (Å²) in [6.45, 7) is 14.9. The molecular weight excluding hydrogens is 916 g/mol. The van der Waals surface area contributed by atoms with E-state index in [-0.39, 0.29) is 40.9 Å². The van der Waals surface area contributed by atoms with E-state index in [1.165, 1.54) is 6.07 Å². The summed E-state index contributed by atoms with van der Waals surface area (Å²) in [5, 5.41) is 20.7. The number of anilines is 2. The van der Waals surface area contributed by atoms with Gasteiger partial charge < -0.3 is 43.8 Å². The average molecular weight is 982 g/mol. The Kier molecular flexibility index (Phi) is 16.7. The van der Waals surface area contributed by atoms with Crippen LogP contribution in [0.5, 0.6) is 11.5 Å². The number of amides is 3. The molecule has 0 spiro atoms. The highest BCUT2D eigenvalue weighted by molar-refractivity contribution is 6.74. The molecule has 3 amide bonds. The van der Waals surface area contributed by atoms with E-state index < -0.39 is 26.6 Å². The Morgan fingerprint density at radius 1 is 0.899 bits per heavy atom. The SMILES string of the molecule is COc1cc(NC(=O)OC[C@H]2CCN(C(=O)CCN3CCC(OC(=O)Nc4ccccc4-c4ccccc4)CC3)C2)c(Cl)cc1CNC[C@H](O[Si](C)(C)C(C)(C)C)c1ccc(O)c2[nH]c(=O)ccc12. The Bertz CT molecular complexity index is 2650. The standard InChI is InChI=1S/C52H65ClN6O9Si/c1-52(2,3)69(5,6)68-46(39-16-18-44(60)49-40(39)17-19-47(61)57-49)31-54-30-36-28-41(53)43(29-45(36)65-4)56-50(63)66-33-34-20-27-59(32-34)48(62)23-26-58-24-21-37(22-25-58)67-51(64)55-42-15-11-10-14-38(42)35-12-8-7-9-13-35/h7-19,28-29,34,37,46,54,60H,20-27,30-33H2,1-6H3,(H,55,64)(H,56,63)(H,57,61)/t34-,46-/m0/s1. The molecule has 7 rings (SSSR count). The summed E-state index contributed by atoms with van der Waals surface area (Å²) in [5.41, 5.74) is 4.59. The zero-order valence-corrected chi connectivity index (χ0v) is 42.1. The van der Waals surface area contributed by atoms with Crippen LogP contribution in [0.15, 0.2) is 95.8 Å². The number of nitrogens with zero attached hydrogens (tertiary/aromatic N) is 2. The molecule has 2 aliphatic rings. The summed E-state index contributed by atoms with van der Waals surface area (Å²) >= 11 is 6.72. The van der Waals surface area contributed by atoms with E-state index in [0.29, 0.717) is 85.0 Å². The normalized spacial score (nSPS) is 16.3. The van der Waals surface area contributed by atoms with Crippen LogP contribution in [0.1, 0.15) is 63.7 Å². The number of H-pyrrole nitrogens is 1. The molecule has 1 aromatic heterocycles. The molecule has 0 radical (unpaired) electrons. The van der Waals surface area contributed by atoms with Gasteiger partial charge in [-0.1, -0.05) is 87.0 Å². The second-order valence-electron chi connectivity index (χ2n) is 19.4. The van der Waals surface area contributed by atoms with Crippen molar-refractivity contribution < 1.29 is 38.1 Å². The van der Waals surface area contributed by atoms with E-state index >= 15 is 0 Å². The average Bonchev–Trinajstić information content (AvgIpc) is 3.81. The van der Waals surface area contributed by atoms with Gasteiger partial charge in [-0.15, -0.1) is 0 Å². The van der Waals surface area contributed by atoms with Crippen LogP contribution in [-0.4, -0.2) is 105 Å². The lowest BCUT2D eigenvalue weighted by Crippen LogP contribution is -2.43. The number of fused-ring (bicyclic) bond motifs is 1. The highest BCUT2D eigenvalue weighted by Crippen LogP contribution is 2.41. The fraction of sp³-hybridized carbons (Fsp3) is 0.423. The molecule has 4 aromatic carbocycles. The molecule has 368 valence electrons. The predicted molar refractivity (Wildman–Crippen MR) is 273 cm³/mol. The van der Waals surface area contributed by atoms with Gasteiger partial charge in [0.05, 0.1) is 41.7 Å². The van der Waals surface area contributed by atoms with Gasteiger partial charge >= 0.3 is 12.2 Å². The molecule has 0 aliphatic carbocycles. The molecule has 2 aliphatic heterocycles. The summed E-state index contributed by atoms with van der Waals surface area (Å²) in [4.78, 5) is 58.1. The number of phenolic OH excluding ortho intramolecular Hbond substituents is 1. The van der Waals surface area contributed by atoms with Gasteiger partial charge in [-0.25, -0.2) is 9.59 Å². The maximum absolute atomic E-state index is 13.2. The van der Waals surface area contributed by atoms with Gasteiger partial charge in [0.2, 0.25) is 11.5 Å². The molecule has 0 bridgehead atoms. The van der Waals surface area contributed by atoms with Crippen LogP contribution < -0.4 is 26.2 Å². The van der Waals surface area contributed by atoms with Crippen molar-refractivity contribution in [2.75, 3.05) is 63.6 Å². The summed E-state index contributed by atoms with van der Waals surface area (Å²) < 4.78 is 24.1. The van der Waals surface area contributed by atoms with Crippen molar-refractivity contribution in [2.24, 2.45) is 5.92 Å². The number of para-hydroxylation sites is 1. The smallest absolute Gasteiger partial charge is 0.411 e.